The van der Waals surface area contributed by atoms with Crippen LogP contribution in [0.25, 0.3) is 0 Å². The molecule has 1 heterocycles. The molecule has 0 aromatic heterocycles. The first-order valence-corrected chi connectivity index (χ1v) is 7.59. The van der Waals surface area contributed by atoms with Crippen molar-refractivity contribution in [3.05, 3.63) is 17.7 Å². The average molecular weight is 323 g/mol. The van der Waals surface area contributed by atoms with E-state index in [-0.39, 0.29) is 12.3 Å². The van der Waals surface area contributed by atoms with Crippen molar-refractivity contribution in [2.75, 3.05) is 54.6 Å². The van der Waals surface area contributed by atoms with Crippen molar-refractivity contribution >= 4 is 5.91 Å². The topological polar surface area (TPSA) is 63.3 Å². The van der Waals surface area contributed by atoms with E-state index in [0.29, 0.717) is 17.2 Å². The van der Waals surface area contributed by atoms with E-state index in [9.17, 15) is 4.79 Å². The Morgan fingerprint density at radius 1 is 1.04 bits per heavy atom. The van der Waals surface area contributed by atoms with E-state index >= 15 is 0 Å². The molecule has 1 fully saturated rings. The van der Waals surface area contributed by atoms with E-state index in [4.69, 9.17) is 14.2 Å². The van der Waals surface area contributed by atoms with Gasteiger partial charge in [-0.2, -0.15) is 0 Å². The van der Waals surface area contributed by atoms with Gasteiger partial charge in [0.15, 0.2) is 11.5 Å². The fraction of sp³-hybridized carbons (Fsp3) is 0.562. The van der Waals surface area contributed by atoms with Gasteiger partial charge in [-0.25, -0.2) is 5.01 Å². The molecule has 1 aromatic rings. The summed E-state index contributed by atoms with van der Waals surface area (Å²) in [5.41, 5.74) is 3.71. The number of hydrazine groups is 1. The molecule has 0 spiro atoms. The number of likely N-dealkylation sites (N-methyl/N-ethyl adjacent to an activating group) is 1. The van der Waals surface area contributed by atoms with Crippen LogP contribution in [0.3, 0.4) is 0 Å². The van der Waals surface area contributed by atoms with Crippen molar-refractivity contribution in [3.8, 4) is 17.2 Å². The summed E-state index contributed by atoms with van der Waals surface area (Å²) in [6, 6.07) is 3.60. The SMILES string of the molecule is COc1ccc(CC(=O)NN2CCN(C)CC2)c(OC)c1OC. The molecule has 0 aliphatic carbocycles. The number of hydrogen-bond donors (Lipinski definition) is 1. The van der Waals surface area contributed by atoms with Crippen LogP contribution in [-0.4, -0.2) is 70.4 Å². The number of amides is 1. The number of carbonyl (C=O) groups is 1. The van der Waals surface area contributed by atoms with Crippen molar-refractivity contribution in [2.45, 2.75) is 6.42 Å². The van der Waals surface area contributed by atoms with Crippen LogP contribution in [-0.2, 0) is 11.2 Å². The monoisotopic (exact) mass is 323 g/mol. The van der Waals surface area contributed by atoms with Crippen LogP contribution in [0.5, 0.6) is 17.2 Å². The standard InChI is InChI=1S/C16H25N3O4/c1-18-7-9-19(10-8-18)17-14(20)11-12-5-6-13(21-2)16(23-4)15(12)22-3/h5-6H,7-11H2,1-4H3,(H,17,20). The van der Waals surface area contributed by atoms with Gasteiger partial charge in [-0.05, 0) is 13.1 Å². The minimum atomic E-state index is -0.0694. The first-order valence-electron chi connectivity index (χ1n) is 7.59. The summed E-state index contributed by atoms with van der Waals surface area (Å²) in [5.74, 6) is 1.54. The second kappa shape index (κ2) is 8.03. The lowest BCUT2D eigenvalue weighted by Gasteiger charge is -2.32. The van der Waals surface area contributed by atoms with Gasteiger partial charge in [-0.15, -0.1) is 0 Å². The number of piperazine rings is 1. The third kappa shape index (κ3) is 4.27. The molecular formula is C16H25N3O4. The number of hydrogen-bond acceptors (Lipinski definition) is 6. The highest BCUT2D eigenvalue weighted by Crippen LogP contribution is 2.39. The van der Waals surface area contributed by atoms with E-state index in [1.165, 1.54) is 0 Å². The van der Waals surface area contributed by atoms with E-state index in [1.807, 2.05) is 11.1 Å². The molecule has 1 amide bonds. The molecule has 1 aromatic carbocycles. The predicted molar refractivity (Wildman–Crippen MR) is 87.0 cm³/mol. The minimum absolute atomic E-state index is 0.0694. The lowest BCUT2D eigenvalue weighted by molar-refractivity contribution is -0.126. The Morgan fingerprint density at radius 2 is 1.70 bits per heavy atom. The Bertz CT molecular complexity index is 542. The minimum Gasteiger partial charge on any atom is -0.493 e. The molecule has 7 nitrogen and oxygen atoms in total. The van der Waals surface area contributed by atoms with Gasteiger partial charge in [0.1, 0.15) is 0 Å². The van der Waals surface area contributed by atoms with Crippen LogP contribution in [0, 0.1) is 0 Å². The maximum absolute atomic E-state index is 12.3. The lowest BCUT2D eigenvalue weighted by Crippen LogP contribution is -2.52. The van der Waals surface area contributed by atoms with E-state index in [1.54, 1.807) is 27.4 Å². The maximum Gasteiger partial charge on any atom is 0.238 e. The molecule has 1 N–H and O–H groups in total. The van der Waals surface area contributed by atoms with Crippen molar-refractivity contribution < 1.29 is 19.0 Å². The van der Waals surface area contributed by atoms with Gasteiger partial charge in [-0.3, -0.25) is 10.2 Å². The van der Waals surface area contributed by atoms with E-state index < -0.39 is 0 Å². The number of nitrogens with one attached hydrogen (secondary N) is 1. The van der Waals surface area contributed by atoms with Crippen LogP contribution < -0.4 is 19.6 Å². The summed E-state index contributed by atoms with van der Waals surface area (Å²) in [7, 11) is 6.75. The molecule has 0 bridgehead atoms. The zero-order valence-corrected chi connectivity index (χ0v) is 14.2. The quantitative estimate of drug-likeness (QED) is 0.824. The van der Waals surface area contributed by atoms with Crippen LogP contribution in [0.4, 0.5) is 0 Å². The number of benzene rings is 1. The third-order valence-electron chi connectivity index (χ3n) is 3.92. The van der Waals surface area contributed by atoms with Crippen molar-refractivity contribution in [2.24, 2.45) is 0 Å². The Morgan fingerprint density at radius 3 is 2.26 bits per heavy atom. The van der Waals surface area contributed by atoms with Crippen LogP contribution >= 0.6 is 0 Å². The highest BCUT2D eigenvalue weighted by atomic mass is 16.5. The fourth-order valence-electron chi connectivity index (χ4n) is 2.61. The molecule has 1 aliphatic heterocycles. The largest absolute Gasteiger partial charge is 0.493 e. The number of nitrogens with zero attached hydrogens (tertiary/aromatic N) is 2. The molecule has 1 aliphatic rings. The van der Waals surface area contributed by atoms with E-state index in [2.05, 4.69) is 17.4 Å². The van der Waals surface area contributed by atoms with Gasteiger partial charge in [0.25, 0.3) is 0 Å². The summed E-state index contributed by atoms with van der Waals surface area (Å²) >= 11 is 0. The number of rotatable bonds is 6. The third-order valence-corrected chi connectivity index (χ3v) is 3.92. The smallest absolute Gasteiger partial charge is 0.238 e. The van der Waals surface area contributed by atoms with Gasteiger partial charge < -0.3 is 19.1 Å². The van der Waals surface area contributed by atoms with Crippen molar-refractivity contribution in [1.29, 1.82) is 0 Å². The highest BCUT2D eigenvalue weighted by molar-refractivity contribution is 5.79. The normalized spacial score (nSPS) is 16.0. The van der Waals surface area contributed by atoms with Gasteiger partial charge in [-0.1, -0.05) is 6.07 Å². The van der Waals surface area contributed by atoms with Crippen molar-refractivity contribution in [3.63, 3.8) is 0 Å². The Hall–Kier alpha value is -1.99. The second-order valence-corrected chi connectivity index (χ2v) is 5.50. The molecule has 0 saturated carbocycles. The highest BCUT2D eigenvalue weighted by Gasteiger charge is 2.20. The lowest BCUT2D eigenvalue weighted by atomic mass is 10.1. The fourth-order valence-corrected chi connectivity index (χ4v) is 2.61. The summed E-state index contributed by atoms with van der Waals surface area (Å²) in [5, 5.41) is 1.95. The zero-order chi connectivity index (χ0) is 16.8. The zero-order valence-electron chi connectivity index (χ0n) is 14.2. The van der Waals surface area contributed by atoms with Crippen LogP contribution in [0.2, 0.25) is 0 Å². The first-order chi connectivity index (χ1) is 11.1. The molecule has 23 heavy (non-hydrogen) atoms. The van der Waals surface area contributed by atoms with Gasteiger partial charge in [0, 0.05) is 31.7 Å². The average Bonchev–Trinajstić information content (AvgIpc) is 2.56. The summed E-state index contributed by atoms with van der Waals surface area (Å²) in [6.45, 7) is 3.54. The molecule has 2 rings (SSSR count). The molecule has 0 radical (unpaired) electrons. The predicted octanol–water partition coefficient (Wildman–Crippen LogP) is 0.534. The van der Waals surface area contributed by atoms with E-state index in [0.717, 1.165) is 31.7 Å². The Kier molecular flexibility index (Phi) is 6.06. The summed E-state index contributed by atoms with van der Waals surface area (Å²) in [4.78, 5) is 14.5. The Labute approximate surface area is 137 Å². The van der Waals surface area contributed by atoms with Gasteiger partial charge in [0.05, 0.1) is 27.8 Å². The van der Waals surface area contributed by atoms with Crippen molar-refractivity contribution in [1.82, 2.24) is 15.3 Å². The maximum atomic E-state index is 12.3. The number of methoxy groups -OCH3 is 3. The second-order valence-electron chi connectivity index (χ2n) is 5.50. The summed E-state index contributed by atoms with van der Waals surface area (Å²) in [6.07, 6.45) is 0.218. The molecule has 0 atom stereocenters. The number of ether oxygens (including phenoxy) is 3. The number of carbonyl (C=O) groups excluding carboxylic acids is 1. The Balaban J connectivity index is 2.05. The van der Waals surface area contributed by atoms with Gasteiger partial charge in [0.2, 0.25) is 11.7 Å². The van der Waals surface area contributed by atoms with Crippen LogP contribution in [0.1, 0.15) is 5.56 Å². The molecule has 0 unspecified atom stereocenters. The van der Waals surface area contributed by atoms with Crippen LogP contribution in [0.15, 0.2) is 12.1 Å². The molecule has 128 valence electrons. The molecule has 1 saturated heterocycles. The van der Waals surface area contributed by atoms with Gasteiger partial charge >= 0.3 is 0 Å². The summed E-state index contributed by atoms with van der Waals surface area (Å²) < 4.78 is 16.0. The first kappa shape index (κ1) is 17.4. The molecular weight excluding hydrogens is 298 g/mol. The molecule has 7 heteroatoms.